The van der Waals surface area contributed by atoms with Crippen LogP contribution in [0.5, 0.6) is 0 Å². The lowest BCUT2D eigenvalue weighted by Gasteiger charge is -2.34. The average Bonchev–Trinajstić information content (AvgIpc) is 2.28. The Hall–Kier alpha value is -0.780. The minimum absolute atomic E-state index is 0.302. The van der Waals surface area contributed by atoms with Gasteiger partial charge in [-0.25, -0.2) is 0 Å². The Kier molecular flexibility index (Phi) is 5.24. The van der Waals surface area contributed by atoms with Gasteiger partial charge in [-0.3, -0.25) is 0 Å². The summed E-state index contributed by atoms with van der Waals surface area (Å²) in [6, 6.07) is 10.8. The fraction of sp³-hybridized carbons (Fsp3) is 0.588. The molecule has 0 heteroatoms. The summed E-state index contributed by atoms with van der Waals surface area (Å²) in [6.45, 7) is 11.7. The van der Waals surface area contributed by atoms with Gasteiger partial charge in [-0.1, -0.05) is 77.8 Å². The Morgan fingerprint density at radius 2 is 1.76 bits per heavy atom. The molecule has 1 aromatic rings. The van der Waals surface area contributed by atoms with E-state index >= 15 is 0 Å². The maximum absolute atomic E-state index is 2.38. The second-order valence-corrected chi connectivity index (χ2v) is 5.97. The molecule has 1 rings (SSSR count). The molecule has 95 valence electrons. The van der Waals surface area contributed by atoms with E-state index in [9.17, 15) is 0 Å². The fourth-order valence-electron chi connectivity index (χ4n) is 2.70. The highest BCUT2D eigenvalue weighted by atomic mass is 14.3. The Labute approximate surface area is 107 Å². The molecule has 0 aliphatic carbocycles. The standard InChI is InChI=1S/C17H27/c1-6-10-14(2)13-17(4,5)15(3)16-11-8-7-9-12-16/h7-9,11-12,14H,6,10,13H2,1-5H3. The third-order valence-electron chi connectivity index (χ3n) is 3.86. The summed E-state index contributed by atoms with van der Waals surface area (Å²) in [6.07, 6.45) is 3.91. The molecule has 0 aliphatic heterocycles. The minimum atomic E-state index is 0.302. The largest absolute Gasteiger partial charge is 0.0654 e. The Morgan fingerprint density at radius 3 is 2.29 bits per heavy atom. The van der Waals surface area contributed by atoms with E-state index in [4.69, 9.17) is 0 Å². The van der Waals surface area contributed by atoms with Crippen LogP contribution in [0.2, 0.25) is 0 Å². The summed E-state index contributed by atoms with van der Waals surface area (Å²) in [5, 5.41) is 0. The summed E-state index contributed by atoms with van der Waals surface area (Å²) < 4.78 is 0. The Balaban J connectivity index is 2.69. The predicted octanol–water partition coefficient (Wildman–Crippen LogP) is 5.48. The predicted molar refractivity (Wildman–Crippen MR) is 76.9 cm³/mol. The summed E-state index contributed by atoms with van der Waals surface area (Å²) in [5.41, 5.74) is 1.69. The summed E-state index contributed by atoms with van der Waals surface area (Å²) in [7, 11) is 0. The van der Waals surface area contributed by atoms with Crippen LogP contribution in [0.3, 0.4) is 0 Å². The van der Waals surface area contributed by atoms with E-state index in [0.717, 1.165) is 5.92 Å². The van der Waals surface area contributed by atoms with Gasteiger partial charge >= 0.3 is 0 Å². The molecule has 1 aromatic carbocycles. The van der Waals surface area contributed by atoms with Crippen LogP contribution >= 0.6 is 0 Å². The first-order valence-electron chi connectivity index (χ1n) is 6.87. The van der Waals surface area contributed by atoms with Crippen LogP contribution in [-0.4, -0.2) is 0 Å². The topological polar surface area (TPSA) is 0 Å². The molecule has 0 saturated heterocycles. The van der Waals surface area contributed by atoms with Crippen LogP contribution in [0.25, 0.3) is 0 Å². The van der Waals surface area contributed by atoms with Gasteiger partial charge in [0.2, 0.25) is 0 Å². The van der Waals surface area contributed by atoms with Crippen molar-refractivity contribution in [3.05, 3.63) is 41.8 Å². The molecule has 0 fully saturated rings. The van der Waals surface area contributed by atoms with Gasteiger partial charge in [0, 0.05) is 5.92 Å². The molecule has 0 amide bonds. The van der Waals surface area contributed by atoms with E-state index in [-0.39, 0.29) is 0 Å². The first-order valence-corrected chi connectivity index (χ1v) is 6.87. The molecule has 0 aliphatic rings. The van der Waals surface area contributed by atoms with Crippen molar-refractivity contribution in [1.82, 2.24) is 0 Å². The van der Waals surface area contributed by atoms with E-state index in [1.54, 1.807) is 0 Å². The van der Waals surface area contributed by atoms with Gasteiger partial charge in [0.15, 0.2) is 0 Å². The number of benzene rings is 1. The van der Waals surface area contributed by atoms with Crippen molar-refractivity contribution in [2.45, 2.75) is 53.9 Å². The average molecular weight is 231 g/mol. The normalized spacial score (nSPS) is 14.0. The molecule has 0 saturated carbocycles. The fourth-order valence-corrected chi connectivity index (χ4v) is 2.70. The molecule has 1 unspecified atom stereocenters. The van der Waals surface area contributed by atoms with E-state index in [2.05, 4.69) is 65.0 Å². The van der Waals surface area contributed by atoms with Crippen molar-refractivity contribution in [3.63, 3.8) is 0 Å². The van der Waals surface area contributed by atoms with Crippen molar-refractivity contribution in [2.75, 3.05) is 0 Å². The molecule has 0 N–H and O–H groups in total. The maximum Gasteiger partial charge on any atom is 0.00751 e. The molecule has 1 radical (unpaired) electrons. The first kappa shape index (κ1) is 14.3. The molecule has 0 heterocycles. The van der Waals surface area contributed by atoms with Gasteiger partial charge in [0.1, 0.15) is 0 Å². The lowest BCUT2D eigenvalue weighted by atomic mass is 9.70. The zero-order chi connectivity index (χ0) is 12.9. The first-order chi connectivity index (χ1) is 7.97. The van der Waals surface area contributed by atoms with E-state index in [1.165, 1.54) is 30.7 Å². The van der Waals surface area contributed by atoms with Gasteiger partial charge < -0.3 is 0 Å². The van der Waals surface area contributed by atoms with Crippen molar-refractivity contribution in [3.8, 4) is 0 Å². The number of hydrogen-bond acceptors (Lipinski definition) is 0. The highest BCUT2D eigenvalue weighted by molar-refractivity contribution is 5.32. The van der Waals surface area contributed by atoms with Crippen LogP contribution in [0.15, 0.2) is 30.3 Å². The molecular formula is C17H27. The van der Waals surface area contributed by atoms with Gasteiger partial charge in [0.25, 0.3) is 0 Å². The van der Waals surface area contributed by atoms with Crippen LogP contribution in [-0.2, 0) is 0 Å². The zero-order valence-electron chi connectivity index (χ0n) is 12.1. The van der Waals surface area contributed by atoms with Gasteiger partial charge in [-0.2, -0.15) is 0 Å². The lowest BCUT2D eigenvalue weighted by molar-refractivity contribution is 0.290. The second kappa shape index (κ2) is 6.23. The quantitative estimate of drug-likeness (QED) is 0.608. The summed E-state index contributed by atoms with van der Waals surface area (Å²) in [5.74, 6) is 2.33. The Morgan fingerprint density at radius 1 is 1.18 bits per heavy atom. The lowest BCUT2D eigenvalue weighted by Crippen LogP contribution is -2.23. The SMILES string of the molecule is CCCC(C)CC(C)(C)[C](C)c1ccccc1. The molecule has 17 heavy (non-hydrogen) atoms. The van der Waals surface area contributed by atoms with Crippen molar-refractivity contribution in [2.24, 2.45) is 11.3 Å². The van der Waals surface area contributed by atoms with Gasteiger partial charge in [0.05, 0.1) is 0 Å². The molecule has 1 atom stereocenters. The van der Waals surface area contributed by atoms with E-state index in [0.29, 0.717) is 5.41 Å². The smallest absolute Gasteiger partial charge is 0.00751 e. The van der Waals surface area contributed by atoms with Crippen LogP contribution in [0.4, 0.5) is 0 Å². The van der Waals surface area contributed by atoms with Crippen LogP contribution < -0.4 is 0 Å². The molecule has 0 nitrogen and oxygen atoms in total. The van der Waals surface area contributed by atoms with E-state index in [1.807, 2.05) is 0 Å². The highest BCUT2D eigenvalue weighted by Gasteiger charge is 2.29. The van der Waals surface area contributed by atoms with Crippen molar-refractivity contribution < 1.29 is 0 Å². The monoisotopic (exact) mass is 231 g/mol. The molecule has 0 bridgehead atoms. The van der Waals surface area contributed by atoms with Crippen molar-refractivity contribution >= 4 is 0 Å². The van der Waals surface area contributed by atoms with Gasteiger partial charge in [-0.15, -0.1) is 0 Å². The van der Waals surface area contributed by atoms with Gasteiger partial charge in [-0.05, 0) is 23.3 Å². The van der Waals surface area contributed by atoms with Crippen LogP contribution in [0, 0.1) is 17.3 Å². The third-order valence-corrected chi connectivity index (χ3v) is 3.86. The number of rotatable bonds is 6. The Bertz CT molecular complexity index is 310. The third kappa shape index (κ3) is 4.18. The molecule has 0 aromatic heterocycles. The highest BCUT2D eigenvalue weighted by Crippen LogP contribution is 2.40. The second-order valence-electron chi connectivity index (χ2n) is 5.97. The minimum Gasteiger partial charge on any atom is -0.0654 e. The van der Waals surface area contributed by atoms with E-state index < -0.39 is 0 Å². The summed E-state index contributed by atoms with van der Waals surface area (Å²) in [4.78, 5) is 0. The maximum atomic E-state index is 2.38. The zero-order valence-corrected chi connectivity index (χ0v) is 12.1. The number of hydrogen-bond donors (Lipinski definition) is 0. The summed E-state index contributed by atoms with van der Waals surface area (Å²) >= 11 is 0. The molecule has 0 spiro atoms. The molecular weight excluding hydrogens is 204 g/mol. The van der Waals surface area contributed by atoms with Crippen LogP contribution in [0.1, 0.15) is 59.4 Å². The van der Waals surface area contributed by atoms with Crippen molar-refractivity contribution in [1.29, 1.82) is 0 Å².